The van der Waals surface area contributed by atoms with Crippen molar-refractivity contribution < 1.29 is 5.11 Å². The molecule has 0 radical (unpaired) electrons. The Labute approximate surface area is 110 Å². The van der Waals surface area contributed by atoms with Crippen LogP contribution in [0.2, 0.25) is 5.15 Å². The molecule has 1 aromatic carbocycles. The van der Waals surface area contributed by atoms with Crippen LogP contribution >= 0.6 is 11.6 Å². The van der Waals surface area contributed by atoms with E-state index < -0.39 is 0 Å². The van der Waals surface area contributed by atoms with Gasteiger partial charge in [0.05, 0.1) is 6.10 Å². The van der Waals surface area contributed by atoms with Crippen molar-refractivity contribution >= 4 is 17.4 Å². The Morgan fingerprint density at radius 2 is 2.11 bits per heavy atom. The normalized spacial score (nSPS) is 19.4. The number of anilines is 1. The summed E-state index contributed by atoms with van der Waals surface area (Å²) in [7, 11) is 0. The number of aliphatic hydroxyl groups excluding tert-OH is 1. The van der Waals surface area contributed by atoms with Gasteiger partial charge in [0.2, 0.25) is 0 Å². The molecule has 3 rings (SSSR count). The Morgan fingerprint density at radius 1 is 1.33 bits per heavy atom. The van der Waals surface area contributed by atoms with Gasteiger partial charge in [-0.25, -0.2) is 4.98 Å². The zero-order chi connectivity index (χ0) is 12.5. The van der Waals surface area contributed by atoms with Gasteiger partial charge < -0.3 is 15.0 Å². The number of hydrogen-bond acceptors (Lipinski definition) is 3. The summed E-state index contributed by atoms with van der Waals surface area (Å²) in [6.45, 7) is 1.41. The summed E-state index contributed by atoms with van der Waals surface area (Å²) in [6.07, 6.45) is 0.500. The van der Waals surface area contributed by atoms with Crippen molar-refractivity contribution in [3.63, 3.8) is 0 Å². The molecular formula is C13H14ClN3O. The molecule has 1 aliphatic heterocycles. The molecule has 1 aliphatic rings. The van der Waals surface area contributed by atoms with Crippen molar-refractivity contribution in [1.29, 1.82) is 0 Å². The molecule has 0 bridgehead atoms. The predicted octanol–water partition coefficient (Wildman–Crippen LogP) is 2.30. The molecule has 0 aliphatic carbocycles. The second kappa shape index (κ2) is 4.63. The van der Waals surface area contributed by atoms with Gasteiger partial charge in [0, 0.05) is 18.7 Å². The number of β-amino-alcohol motifs (C(OH)–C–C–N with tert-alkyl or cyclic N) is 1. The van der Waals surface area contributed by atoms with E-state index in [4.69, 9.17) is 11.6 Å². The number of H-pyrrole nitrogens is 1. The van der Waals surface area contributed by atoms with Gasteiger partial charge in [0.15, 0.2) is 5.15 Å². The highest BCUT2D eigenvalue weighted by molar-refractivity contribution is 6.32. The number of aromatic amines is 1. The molecule has 0 amide bonds. The molecule has 94 valence electrons. The molecule has 1 aromatic heterocycles. The second-order valence-electron chi connectivity index (χ2n) is 4.48. The van der Waals surface area contributed by atoms with Crippen LogP contribution in [0.15, 0.2) is 30.3 Å². The lowest BCUT2D eigenvalue weighted by Crippen LogP contribution is -2.21. The average molecular weight is 264 g/mol. The maximum Gasteiger partial charge on any atom is 0.171 e. The van der Waals surface area contributed by atoms with Gasteiger partial charge in [0.25, 0.3) is 0 Å². The van der Waals surface area contributed by atoms with E-state index in [9.17, 15) is 5.11 Å². The zero-order valence-corrected chi connectivity index (χ0v) is 10.6. The number of benzene rings is 1. The lowest BCUT2D eigenvalue weighted by atomic mass is 10.2. The zero-order valence-electron chi connectivity index (χ0n) is 9.81. The average Bonchev–Trinajstić information content (AvgIpc) is 2.97. The third-order valence-corrected chi connectivity index (χ3v) is 3.43. The number of nitrogens with zero attached hydrogens (tertiary/aromatic N) is 2. The van der Waals surface area contributed by atoms with E-state index in [0.717, 1.165) is 30.2 Å². The molecule has 0 spiro atoms. The van der Waals surface area contributed by atoms with E-state index in [-0.39, 0.29) is 6.10 Å². The Kier molecular flexibility index (Phi) is 2.97. The number of aliphatic hydroxyl groups is 1. The highest BCUT2D eigenvalue weighted by Gasteiger charge is 2.24. The lowest BCUT2D eigenvalue weighted by molar-refractivity contribution is 0.198. The van der Waals surface area contributed by atoms with Crippen molar-refractivity contribution in [1.82, 2.24) is 9.97 Å². The van der Waals surface area contributed by atoms with E-state index >= 15 is 0 Å². The summed E-state index contributed by atoms with van der Waals surface area (Å²) in [6, 6.07) is 9.86. The first-order valence-corrected chi connectivity index (χ1v) is 6.36. The van der Waals surface area contributed by atoms with Gasteiger partial charge in [-0.05, 0) is 6.42 Å². The molecule has 2 heterocycles. The third kappa shape index (κ3) is 2.09. The van der Waals surface area contributed by atoms with Gasteiger partial charge in [-0.2, -0.15) is 0 Å². The molecule has 2 aromatic rings. The molecular weight excluding hydrogens is 250 g/mol. The smallest absolute Gasteiger partial charge is 0.171 e. The van der Waals surface area contributed by atoms with E-state index in [2.05, 4.69) is 9.97 Å². The maximum atomic E-state index is 9.56. The summed E-state index contributed by atoms with van der Waals surface area (Å²) in [5.74, 6) is 1.56. The van der Waals surface area contributed by atoms with Gasteiger partial charge in [-0.15, -0.1) is 0 Å². The highest BCUT2D eigenvalue weighted by atomic mass is 35.5. The quantitative estimate of drug-likeness (QED) is 0.874. The first-order chi connectivity index (χ1) is 8.74. The molecule has 1 unspecified atom stereocenters. The molecule has 18 heavy (non-hydrogen) atoms. The largest absolute Gasteiger partial charge is 0.391 e. The standard InChI is InChI=1S/C13H14ClN3O/c14-11-13(17-7-6-10(18)8-17)16-12(15-11)9-4-2-1-3-5-9/h1-5,10,18H,6-8H2,(H,15,16). The minimum absolute atomic E-state index is 0.274. The van der Waals surface area contributed by atoms with Crippen LogP contribution in [0, 0.1) is 0 Å². The lowest BCUT2D eigenvalue weighted by Gasteiger charge is -2.15. The fourth-order valence-electron chi connectivity index (χ4n) is 2.23. The number of rotatable bonds is 2. The highest BCUT2D eigenvalue weighted by Crippen LogP contribution is 2.29. The van der Waals surface area contributed by atoms with Gasteiger partial charge in [0.1, 0.15) is 11.6 Å². The van der Waals surface area contributed by atoms with Gasteiger partial charge in [-0.1, -0.05) is 41.9 Å². The van der Waals surface area contributed by atoms with Crippen LogP contribution in [0.1, 0.15) is 6.42 Å². The van der Waals surface area contributed by atoms with Crippen LogP contribution in [0.4, 0.5) is 5.82 Å². The predicted molar refractivity (Wildman–Crippen MR) is 71.9 cm³/mol. The van der Waals surface area contributed by atoms with E-state index in [1.165, 1.54) is 0 Å². The van der Waals surface area contributed by atoms with Crippen LogP contribution in [-0.2, 0) is 0 Å². The second-order valence-corrected chi connectivity index (χ2v) is 4.84. The van der Waals surface area contributed by atoms with E-state index in [0.29, 0.717) is 11.7 Å². The van der Waals surface area contributed by atoms with Crippen LogP contribution in [-0.4, -0.2) is 34.3 Å². The minimum atomic E-state index is -0.274. The maximum absolute atomic E-state index is 9.56. The molecule has 4 nitrogen and oxygen atoms in total. The third-order valence-electron chi connectivity index (χ3n) is 3.17. The van der Waals surface area contributed by atoms with E-state index in [1.807, 2.05) is 35.2 Å². The summed E-state index contributed by atoms with van der Waals surface area (Å²) < 4.78 is 0. The molecule has 1 atom stereocenters. The first kappa shape index (κ1) is 11.6. The monoisotopic (exact) mass is 263 g/mol. The van der Waals surface area contributed by atoms with Crippen LogP contribution in [0.3, 0.4) is 0 Å². The van der Waals surface area contributed by atoms with Crippen molar-refractivity contribution in [2.24, 2.45) is 0 Å². The number of nitrogens with one attached hydrogen (secondary N) is 1. The summed E-state index contributed by atoms with van der Waals surface area (Å²) in [5.41, 5.74) is 1.00. The van der Waals surface area contributed by atoms with Gasteiger partial charge >= 0.3 is 0 Å². The number of halogens is 1. The van der Waals surface area contributed by atoms with Crippen molar-refractivity contribution in [2.45, 2.75) is 12.5 Å². The summed E-state index contributed by atoms with van der Waals surface area (Å²) in [4.78, 5) is 9.60. The minimum Gasteiger partial charge on any atom is -0.391 e. The summed E-state index contributed by atoms with van der Waals surface area (Å²) in [5, 5.41) is 10.0. The fraction of sp³-hybridized carbons (Fsp3) is 0.308. The number of hydrogen-bond donors (Lipinski definition) is 2. The Morgan fingerprint density at radius 3 is 2.78 bits per heavy atom. The van der Waals surface area contributed by atoms with Crippen molar-refractivity contribution in [3.05, 3.63) is 35.5 Å². The molecule has 1 saturated heterocycles. The van der Waals surface area contributed by atoms with Crippen LogP contribution in [0.25, 0.3) is 11.4 Å². The van der Waals surface area contributed by atoms with Crippen LogP contribution < -0.4 is 4.90 Å². The molecule has 5 heteroatoms. The molecule has 0 saturated carbocycles. The molecule has 1 fully saturated rings. The number of imidazole rings is 1. The SMILES string of the molecule is OC1CCN(c2[nH]c(-c3ccccc3)nc2Cl)C1. The van der Waals surface area contributed by atoms with Crippen molar-refractivity contribution in [2.75, 3.05) is 18.0 Å². The molecule has 2 N–H and O–H groups in total. The Bertz CT molecular complexity index is 540. The fourth-order valence-corrected chi connectivity index (χ4v) is 2.48. The van der Waals surface area contributed by atoms with Crippen molar-refractivity contribution in [3.8, 4) is 11.4 Å². The Balaban J connectivity index is 1.92. The topological polar surface area (TPSA) is 52.1 Å². The van der Waals surface area contributed by atoms with Gasteiger partial charge in [-0.3, -0.25) is 0 Å². The van der Waals surface area contributed by atoms with Crippen LogP contribution in [0.5, 0.6) is 0 Å². The van der Waals surface area contributed by atoms with E-state index in [1.54, 1.807) is 0 Å². The Hall–Kier alpha value is -1.52. The first-order valence-electron chi connectivity index (χ1n) is 5.98. The number of aromatic nitrogens is 2. The summed E-state index contributed by atoms with van der Waals surface area (Å²) >= 11 is 6.16.